The second kappa shape index (κ2) is 9.93. The Morgan fingerprint density at radius 2 is 1.79 bits per heavy atom. The molecule has 1 saturated heterocycles. The van der Waals surface area contributed by atoms with E-state index in [4.69, 9.17) is 16.3 Å². The van der Waals surface area contributed by atoms with Crippen molar-refractivity contribution in [3.05, 3.63) is 89.2 Å². The molecule has 1 aliphatic heterocycles. The normalized spacial score (nSPS) is 15.6. The quantitative estimate of drug-likeness (QED) is 0.489. The van der Waals surface area contributed by atoms with E-state index in [-0.39, 0.29) is 18.7 Å². The van der Waals surface area contributed by atoms with E-state index in [0.29, 0.717) is 16.5 Å². The van der Waals surface area contributed by atoms with Gasteiger partial charge >= 0.3 is 6.03 Å². The first-order valence-corrected chi connectivity index (χ1v) is 10.8. The van der Waals surface area contributed by atoms with Crippen molar-refractivity contribution < 1.29 is 23.5 Å². The Bertz CT molecular complexity index is 1230. The standard InChI is InChI=1S/C25H21ClFN3O4/c1-34-21-7-2-4-16(12-21)15-29-22(14-23(31)28-19-6-3-5-18(27)13-19)24(32)30(25(29)33)20-10-8-17(26)9-11-20/h2-13,22H,14-15H2,1H3,(H,28,31). The fraction of sp³-hybridized carbons (Fsp3) is 0.160. The van der Waals surface area contributed by atoms with Crippen molar-refractivity contribution in [1.82, 2.24) is 4.90 Å². The highest BCUT2D eigenvalue weighted by Gasteiger charge is 2.46. The number of carbonyl (C=O) groups is 3. The first-order chi connectivity index (χ1) is 16.4. The first kappa shape index (κ1) is 23.3. The molecule has 1 atom stereocenters. The molecule has 174 valence electrons. The Morgan fingerprint density at radius 1 is 1.06 bits per heavy atom. The van der Waals surface area contributed by atoms with Gasteiger partial charge in [0, 0.05) is 17.3 Å². The van der Waals surface area contributed by atoms with Gasteiger partial charge < -0.3 is 15.0 Å². The van der Waals surface area contributed by atoms with E-state index in [1.54, 1.807) is 48.5 Å². The van der Waals surface area contributed by atoms with Gasteiger partial charge in [0.25, 0.3) is 5.91 Å². The van der Waals surface area contributed by atoms with Crippen molar-refractivity contribution in [3.63, 3.8) is 0 Å². The van der Waals surface area contributed by atoms with E-state index in [9.17, 15) is 18.8 Å². The summed E-state index contributed by atoms with van der Waals surface area (Å²) < 4.78 is 18.7. The molecule has 3 aromatic rings. The maximum absolute atomic E-state index is 13.5. The van der Waals surface area contributed by atoms with E-state index in [1.165, 1.54) is 36.3 Å². The molecule has 4 rings (SSSR count). The minimum absolute atomic E-state index is 0.0871. The summed E-state index contributed by atoms with van der Waals surface area (Å²) >= 11 is 5.95. The van der Waals surface area contributed by atoms with Gasteiger partial charge in [-0.05, 0) is 60.2 Å². The molecule has 9 heteroatoms. The van der Waals surface area contributed by atoms with Gasteiger partial charge in [-0.15, -0.1) is 0 Å². The van der Waals surface area contributed by atoms with Crippen LogP contribution in [0.3, 0.4) is 0 Å². The molecule has 0 bridgehead atoms. The zero-order valence-corrected chi connectivity index (χ0v) is 19.0. The number of imide groups is 1. The molecule has 0 spiro atoms. The van der Waals surface area contributed by atoms with Crippen LogP contribution in [0.15, 0.2) is 72.8 Å². The second-order valence-corrected chi connectivity index (χ2v) is 8.13. The molecule has 0 aliphatic carbocycles. The molecule has 1 aliphatic rings. The van der Waals surface area contributed by atoms with Crippen molar-refractivity contribution >= 4 is 40.8 Å². The van der Waals surface area contributed by atoms with Crippen LogP contribution < -0.4 is 15.0 Å². The van der Waals surface area contributed by atoms with Crippen molar-refractivity contribution in [1.29, 1.82) is 0 Å². The summed E-state index contributed by atoms with van der Waals surface area (Å²) in [5, 5.41) is 3.04. The Labute approximate surface area is 200 Å². The number of amides is 4. The third kappa shape index (κ3) is 5.02. The summed E-state index contributed by atoms with van der Waals surface area (Å²) in [5.74, 6) is -0.959. The third-order valence-electron chi connectivity index (χ3n) is 5.38. The van der Waals surface area contributed by atoms with Crippen molar-refractivity contribution in [2.45, 2.75) is 19.0 Å². The topological polar surface area (TPSA) is 79.0 Å². The lowest BCUT2D eigenvalue weighted by atomic mass is 10.1. The highest BCUT2D eigenvalue weighted by atomic mass is 35.5. The molecule has 4 amide bonds. The van der Waals surface area contributed by atoms with Gasteiger partial charge in [-0.3, -0.25) is 9.59 Å². The predicted molar refractivity (Wildman–Crippen MR) is 126 cm³/mol. The molecule has 1 N–H and O–H groups in total. The lowest BCUT2D eigenvalue weighted by Crippen LogP contribution is -2.37. The molecular formula is C25H21ClFN3O4. The van der Waals surface area contributed by atoms with Crippen LogP contribution in [0.2, 0.25) is 5.02 Å². The Balaban J connectivity index is 1.61. The zero-order chi connectivity index (χ0) is 24.2. The SMILES string of the molecule is COc1cccc(CN2C(=O)N(c3ccc(Cl)cc3)C(=O)C2CC(=O)Nc2cccc(F)c2)c1. The number of hydrogen-bond donors (Lipinski definition) is 1. The number of anilines is 2. The molecule has 7 nitrogen and oxygen atoms in total. The Kier molecular flexibility index (Phi) is 6.79. The lowest BCUT2D eigenvalue weighted by molar-refractivity contribution is -0.124. The highest BCUT2D eigenvalue weighted by molar-refractivity contribution is 6.30. The molecule has 1 unspecified atom stereocenters. The summed E-state index contributed by atoms with van der Waals surface area (Å²) in [6.07, 6.45) is -0.296. The van der Waals surface area contributed by atoms with Gasteiger partial charge in [-0.1, -0.05) is 29.8 Å². The van der Waals surface area contributed by atoms with Crippen LogP contribution in [0.25, 0.3) is 0 Å². The maximum atomic E-state index is 13.5. The van der Waals surface area contributed by atoms with Crippen molar-refractivity contribution in [3.8, 4) is 5.75 Å². The average Bonchev–Trinajstić information content (AvgIpc) is 3.04. The smallest absolute Gasteiger partial charge is 0.332 e. The largest absolute Gasteiger partial charge is 0.497 e. The van der Waals surface area contributed by atoms with Crippen molar-refractivity contribution in [2.24, 2.45) is 0 Å². The number of halogens is 2. The lowest BCUT2D eigenvalue weighted by Gasteiger charge is -2.22. The minimum atomic E-state index is -1.05. The van der Waals surface area contributed by atoms with Crippen LogP contribution in [0.1, 0.15) is 12.0 Å². The number of benzene rings is 3. The number of carbonyl (C=O) groups excluding carboxylic acids is 3. The summed E-state index contributed by atoms with van der Waals surface area (Å²) in [7, 11) is 1.53. The average molecular weight is 482 g/mol. The van der Waals surface area contributed by atoms with E-state index in [1.807, 2.05) is 0 Å². The minimum Gasteiger partial charge on any atom is -0.497 e. The first-order valence-electron chi connectivity index (χ1n) is 10.4. The molecule has 0 saturated carbocycles. The van der Waals surface area contributed by atoms with Crippen LogP contribution in [0.4, 0.5) is 20.6 Å². The zero-order valence-electron chi connectivity index (χ0n) is 18.2. The fourth-order valence-electron chi connectivity index (χ4n) is 3.76. The number of nitrogens with one attached hydrogen (secondary N) is 1. The maximum Gasteiger partial charge on any atom is 0.332 e. The van der Waals surface area contributed by atoms with Gasteiger partial charge in [0.2, 0.25) is 5.91 Å². The molecule has 1 heterocycles. The van der Waals surface area contributed by atoms with Gasteiger partial charge in [0.1, 0.15) is 17.6 Å². The highest BCUT2D eigenvalue weighted by Crippen LogP contribution is 2.30. The number of urea groups is 1. The number of ether oxygens (including phenoxy) is 1. The third-order valence-corrected chi connectivity index (χ3v) is 5.63. The summed E-state index contributed by atoms with van der Waals surface area (Å²) in [6.45, 7) is 0.0871. The van der Waals surface area contributed by atoms with Crippen LogP contribution in [-0.2, 0) is 16.1 Å². The second-order valence-electron chi connectivity index (χ2n) is 7.69. The van der Waals surface area contributed by atoms with Crippen LogP contribution in [0, 0.1) is 5.82 Å². The van der Waals surface area contributed by atoms with Crippen LogP contribution in [-0.4, -0.2) is 35.9 Å². The fourth-order valence-corrected chi connectivity index (χ4v) is 3.89. The van der Waals surface area contributed by atoms with Gasteiger partial charge in [0.15, 0.2) is 0 Å². The molecule has 3 aromatic carbocycles. The molecule has 0 aromatic heterocycles. The summed E-state index contributed by atoms with van der Waals surface area (Å²) in [5.41, 5.74) is 1.34. The van der Waals surface area contributed by atoms with E-state index in [2.05, 4.69) is 5.32 Å². The van der Waals surface area contributed by atoms with Crippen LogP contribution >= 0.6 is 11.6 Å². The molecular weight excluding hydrogens is 461 g/mol. The van der Waals surface area contributed by atoms with E-state index in [0.717, 1.165) is 10.5 Å². The monoisotopic (exact) mass is 481 g/mol. The van der Waals surface area contributed by atoms with Crippen molar-refractivity contribution in [2.75, 3.05) is 17.3 Å². The number of nitrogens with zero attached hydrogens (tertiary/aromatic N) is 2. The summed E-state index contributed by atoms with van der Waals surface area (Å²) in [4.78, 5) is 41.8. The van der Waals surface area contributed by atoms with Gasteiger partial charge in [-0.25, -0.2) is 14.1 Å². The van der Waals surface area contributed by atoms with E-state index < -0.39 is 29.7 Å². The Morgan fingerprint density at radius 3 is 2.50 bits per heavy atom. The van der Waals surface area contributed by atoms with Gasteiger partial charge in [0.05, 0.1) is 19.2 Å². The number of hydrogen-bond acceptors (Lipinski definition) is 4. The molecule has 0 radical (unpaired) electrons. The number of rotatable bonds is 7. The molecule has 34 heavy (non-hydrogen) atoms. The number of methoxy groups -OCH3 is 1. The van der Waals surface area contributed by atoms with Crippen LogP contribution in [0.5, 0.6) is 5.75 Å². The van der Waals surface area contributed by atoms with E-state index >= 15 is 0 Å². The molecule has 1 fully saturated rings. The predicted octanol–water partition coefficient (Wildman–Crippen LogP) is 4.85. The summed E-state index contributed by atoms with van der Waals surface area (Å²) in [6, 6.07) is 17.2. The Hall–Kier alpha value is -3.91. The van der Waals surface area contributed by atoms with Gasteiger partial charge in [-0.2, -0.15) is 0 Å².